The Morgan fingerprint density at radius 3 is 2.33 bits per heavy atom. The molecule has 0 spiro atoms. The van der Waals surface area contributed by atoms with E-state index in [1.807, 2.05) is 0 Å². The third-order valence-electron chi connectivity index (χ3n) is 2.81. The Labute approximate surface area is 57.8 Å². The van der Waals surface area contributed by atoms with E-state index in [0.717, 1.165) is 6.04 Å². The van der Waals surface area contributed by atoms with Crippen molar-refractivity contribution in [2.45, 2.75) is 39.7 Å². The topological polar surface area (TPSA) is 12.0 Å². The summed E-state index contributed by atoms with van der Waals surface area (Å²) in [7, 11) is 0. The van der Waals surface area contributed by atoms with Gasteiger partial charge in [-0.25, -0.2) is 0 Å². The summed E-state index contributed by atoms with van der Waals surface area (Å²) in [4.78, 5) is 0. The Balaban J connectivity index is 2.41. The highest BCUT2D eigenvalue weighted by Crippen LogP contribution is 2.33. The van der Waals surface area contributed by atoms with Gasteiger partial charge >= 0.3 is 0 Å². The van der Waals surface area contributed by atoms with Crippen molar-refractivity contribution in [2.24, 2.45) is 5.41 Å². The molecular formula is C8H17N. The first kappa shape index (κ1) is 7.07. The third-order valence-corrected chi connectivity index (χ3v) is 2.81. The molecule has 2 atom stereocenters. The molecule has 1 saturated heterocycles. The van der Waals surface area contributed by atoms with E-state index in [4.69, 9.17) is 0 Å². The van der Waals surface area contributed by atoms with Crippen LogP contribution >= 0.6 is 0 Å². The van der Waals surface area contributed by atoms with E-state index in [0.29, 0.717) is 5.41 Å². The van der Waals surface area contributed by atoms with Crippen LogP contribution in [0.5, 0.6) is 0 Å². The second kappa shape index (κ2) is 2.30. The summed E-state index contributed by atoms with van der Waals surface area (Å²) in [5.74, 6) is 0. The number of rotatable bonds is 2. The Morgan fingerprint density at radius 1 is 1.56 bits per heavy atom. The second-order valence-electron chi connectivity index (χ2n) is 3.35. The van der Waals surface area contributed by atoms with Crippen LogP contribution in [0.15, 0.2) is 0 Å². The molecule has 1 aliphatic heterocycles. The molecule has 1 aliphatic rings. The van der Waals surface area contributed by atoms with Crippen LogP contribution in [0, 0.1) is 5.41 Å². The van der Waals surface area contributed by atoms with Gasteiger partial charge in [-0.2, -0.15) is 0 Å². The molecule has 0 aliphatic carbocycles. The Kier molecular flexibility index (Phi) is 1.80. The van der Waals surface area contributed by atoms with Gasteiger partial charge in [-0.3, -0.25) is 0 Å². The molecule has 1 heterocycles. The van der Waals surface area contributed by atoms with Gasteiger partial charge in [0.25, 0.3) is 0 Å². The highest BCUT2D eigenvalue weighted by Gasteiger charge is 2.38. The van der Waals surface area contributed by atoms with Gasteiger partial charge in [0, 0.05) is 12.6 Å². The van der Waals surface area contributed by atoms with Gasteiger partial charge in [-0.05, 0) is 18.3 Å². The van der Waals surface area contributed by atoms with Gasteiger partial charge in [0.05, 0.1) is 0 Å². The number of nitrogens with one attached hydrogen (secondary N) is 1. The van der Waals surface area contributed by atoms with E-state index < -0.39 is 0 Å². The van der Waals surface area contributed by atoms with Crippen molar-refractivity contribution >= 4 is 0 Å². The van der Waals surface area contributed by atoms with Crippen LogP contribution in [-0.4, -0.2) is 12.6 Å². The maximum atomic E-state index is 3.44. The molecule has 0 aromatic rings. The SMILES string of the molecule is CCC1NCC1(C)CC. The Bertz CT molecular complexity index is 94.7. The first-order valence-electron chi connectivity index (χ1n) is 3.96. The molecule has 2 unspecified atom stereocenters. The van der Waals surface area contributed by atoms with Crippen LogP contribution in [0.4, 0.5) is 0 Å². The highest BCUT2D eigenvalue weighted by molar-refractivity contribution is 4.96. The molecule has 0 amide bonds. The van der Waals surface area contributed by atoms with E-state index in [1.165, 1.54) is 19.4 Å². The fourth-order valence-electron chi connectivity index (χ4n) is 1.60. The smallest absolute Gasteiger partial charge is 0.0130 e. The van der Waals surface area contributed by atoms with E-state index in [9.17, 15) is 0 Å². The van der Waals surface area contributed by atoms with Crippen molar-refractivity contribution in [3.8, 4) is 0 Å². The third kappa shape index (κ3) is 0.983. The minimum Gasteiger partial charge on any atom is -0.313 e. The molecule has 1 fully saturated rings. The fourth-order valence-corrected chi connectivity index (χ4v) is 1.60. The standard InChI is InChI=1S/C8H17N/c1-4-7-8(3,5-2)6-9-7/h7,9H,4-6H2,1-3H3. The lowest BCUT2D eigenvalue weighted by Crippen LogP contribution is -2.60. The van der Waals surface area contributed by atoms with Gasteiger partial charge < -0.3 is 5.32 Å². The number of hydrogen-bond donors (Lipinski definition) is 1. The lowest BCUT2D eigenvalue weighted by atomic mass is 9.72. The largest absolute Gasteiger partial charge is 0.313 e. The first-order valence-corrected chi connectivity index (χ1v) is 3.96. The summed E-state index contributed by atoms with van der Waals surface area (Å²) in [6.45, 7) is 8.13. The zero-order chi connectivity index (χ0) is 6.91. The average molecular weight is 127 g/mol. The lowest BCUT2D eigenvalue weighted by molar-refractivity contribution is 0.0956. The van der Waals surface area contributed by atoms with Gasteiger partial charge in [-0.1, -0.05) is 20.8 Å². The van der Waals surface area contributed by atoms with Crippen LogP contribution in [0.25, 0.3) is 0 Å². The molecule has 1 rings (SSSR count). The summed E-state index contributed by atoms with van der Waals surface area (Å²) >= 11 is 0. The van der Waals surface area contributed by atoms with Crippen molar-refractivity contribution in [1.29, 1.82) is 0 Å². The Hall–Kier alpha value is -0.0400. The highest BCUT2D eigenvalue weighted by atomic mass is 15.0. The predicted molar refractivity (Wildman–Crippen MR) is 40.5 cm³/mol. The first-order chi connectivity index (χ1) is 4.23. The zero-order valence-corrected chi connectivity index (χ0v) is 6.70. The molecule has 1 nitrogen and oxygen atoms in total. The quantitative estimate of drug-likeness (QED) is 0.596. The van der Waals surface area contributed by atoms with E-state index in [1.54, 1.807) is 0 Å². The molecule has 0 bridgehead atoms. The minimum absolute atomic E-state index is 0.620. The normalized spacial score (nSPS) is 42.3. The van der Waals surface area contributed by atoms with Crippen molar-refractivity contribution in [3.63, 3.8) is 0 Å². The molecule has 1 N–H and O–H groups in total. The molecule has 1 heteroatoms. The van der Waals surface area contributed by atoms with Crippen LogP contribution < -0.4 is 5.32 Å². The van der Waals surface area contributed by atoms with Crippen molar-refractivity contribution < 1.29 is 0 Å². The van der Waals surface area contributed by atoms with Crippen LogP contribution in [0.3, 0.4) is 0 Å². The molecule has 54 valence electrons. The van der Waals surface area contributed by atoms with Crippen molar-refractivity contribution in [2.75, 3.05) is 6.54 Å². The molecule has 0 aromatic carbocycles. The van der Waals surface area contributed by atoms with Crippen molar-refractivity contribution in [1.82, 2.24) is 5.32 Å². The number of hydrogen-bond acceptors (Lipinski definition) is 1. The van der Waals surface area contributed by atoms with Gasteiger partial charge in [-0.15, -0.1) is 0 Å². The van der Waals surface area contributed by atoms with Crippen molar-refractivity contribution in [3.05, 3.63) is 0 Å². The summed E-state index contributed by atoms with van der Waals surface area (Å²) in [5, 5.41) is 3.44. The van der Waals surface area contributed by atoms with E-state index in [-0.39, 0.29) is 0 Å². The average Bonchev–Trinajstić information content (AvgIpc) is 1.85. The maximum absolute atomic E-state index is 3.44. The van der Waals surface area contributed by atoms with Gasteiger partial charge in [0.2, 0.25) is 0 Å². The fraction of sp³-hybridized carbons (Fsp3) is 1.00. The lowest BCUT2D eigenvalue weighted by Gasteiger charge is -2.47. The monoisotopic (exact) mass is 127 g/mol. The summed E-state index contributed by atoms with van der Waals surface area (Å²) < 4.78 is 0. The van der Waals surface area contributed by atoms with Crippen LogP contribution in [-0.2, 0) is 0 Å². The van der Waals surface area contributed by atoms with Gasteiger partial charge in [0.1, 0.15) is 0 Å². The van der Waals surface area contributed by atoms with Crippen LogP contribution in [0.1, 0.15) is 33.6 Å². The summed E-state index contributed by atoms with van der Waals surface area (Å²) in [5.41, 5.74) is 0.620. The zero-order valence-electron chi connectivity index (χ0n) is 6.70. The predicted octanol–water partition coefficient (Wildman–Crippen LogP) is 1.78. The Morgan fingerprint density at radius 2 is 2.22 bits per heavy atom. The van der Waals surface area contributed by atoms with E-state index in [2.05, 4.69) is 26.1 Å². The molecule has 9 heavy (non-hydrogen) atoms. The summed E-state index contributed by atoms with van der Waals surface area (Å²) in [6.07, 6.45) is 2.60. The molecule has 0 saturated carbocycles. The minimum atomic E-state index is 0.620. The molecular weight excluding hydrogens is 110 g/mol. The second-order valence-corrected chi connectivity index (χ2v) is 3.35. The molecule has 0 aromatic heterocycles. The summed E-state index contributed by atoms with van der Waals surface area (Å²) in [6, 6.07) is 0.794. The maximum Gasteiger partial charge on any atom is 0.0130 e. The van der Waals surface area contributed by atoms with Gasteiger partial charge in [0.15, 0.2) is 0 Å². The van der Waals surface area contributed by atoms with E-state index >= 15 is 0 Å². The molecule has 0 radical (unpaired) electrons. The van der Waals surface area contributed by atoms with Crippen LogP contribution in [0.2, 0.25) is 0 Å².